The Morgan fingerprint density at radius 3 is 2.62 bits per heavy atom. The molecule has 0 radical (unpaired) electrons. The maximum absolute atomic E-state index is 12.0. The lowest BCUT2D eigenvalue weighted by molar-refractivity contribution is -0.142. The Labute approximate surface area is 152 Å². The summed E-state index contributed by atoms with van der Waals surface area (Å²) in [6.45, 7) is -3.41. The number of nitrogens with one attached hydrogen (secondary N) is 1. The van der Waals surface area contributed by atoms with Crippen LogP contribution < -0.4 is 10.1 Å². The lowest BCUT2D eigenvalue weighted by Crippen LogP contribution is -2.20. The minimum absolute atomic E-state index is 0.00506. The highest BCUT2D eigenvalue weighted by Gasteiger charge is 2.08. The standard InChI is InChI=1S/C17H13ClF2N2O4/c18-16-13(2-1-9-21-16)22-14(23)10-25-15(24)8-5-11-3-6-12(7-4-11)26-17(19)20/h1-9,17H,10H2,(H,22,23)/b8-5+. The number of amides is 1. The molecule has 136 valence electrons. The molecule has 0 unspecified atom stereocenters. The number of halogens is 3. The summed E-state index contributed by atoms with van der Waals surface area (Å²) in [7, 11) is 0. The van der Waals surface area contributed by atoms with Crippen LogP contribution in [0.5, 0.6) is 5.75 Å². The highest BCUT2D eigenvalue weighted by Crippen LogP contribution is 2.17. The Hall–Kier alpha value is -3.00. The molecule has 0 aliphatic rings. The number of pyridine rings is 1. The number of carbonyl (C=O) groups is 2. The van der Waals surface area contributed by atoms with E-state index >= 15 is 0 Å². The number of nitrogens with zero attached hydrogens (tertiary/aromatic N) is 1. The van der Waals surface area contributed by atoms with Crippen molar-refractivity contribution in [2.45, 2.75) is 6.61 Å². The molecule has 1 aromatic carbocycles. The van der Waals surface area contributed by atoms with Gasteiger partial charge in [-0.25, -0.2) is 9.78 Å². The predicted molar refractivity (Wildman–Crippen MR) is 90.9 cm³/mol. The van der Waals surface area contributed by atoms with Crippen LogP contribution in [0.4, 0.5) is 14.5 Å². The van der Waals surface area contributed by atoms with Gasteiger partial charge in [-0.15, -0.1) is 0 Å². The van der Waals surface area contributed by atoms with Gasteiger partial charge < -0.3 is 14.8 Å². The lowest BCUT2D eigenvalue weighted by Gasteiger charge is -2.06. The van der Waals surface area contributed by atoms with Gasteiger partial charge in [-0.3, -0.25) is 4.79 Å². The zero-order valence-corrected chi connectivity index (χ0v) is 14.0. The summed E-state index contributed by atoms with van der Waals surface area (Å²) in [6, 6.07) is 8.78. The van der Waals surface area contributed by atoms with Crippen LogP contribution in [0.25, 0.3) is 6.08 Å². The van der Waals surface area contributed by atoms with Crippen LogP contribution in [0, 0.1) is 0 Å². The van der Waals surface area contributed by atoms with E-state index in [-0.39, 0.29) is 10.9 Å². The van der Waals surface area contributed by atoms with E-state index in [0.29, 0.717) is 11.3 Å². The molecule has 6 nitrogen and oxygen atoms in total. The highest BCUT2D eigenvalue weighted by atomic mass is 35.5. The molecule has 9 heteroatoms. The van der Waals surface area contributed by atoms with Gasteiger partial charge in [-0.05, 0) is 35.9 Å². The minimum atomic E-state index is -2.90. The van der Waals surface area contributed by atoms with Crippen molar-refractivity contribution < 1.29 is 27.8 Å². The zero-order valence-electron chi connectivity index (χ0n) is 13.2. The zero-order chi connectivity index (χ0) is 18.9. The summed E-state index contributed by atoms with van der Waals surface area (Å²) in [4.78, 5) is 27.1. The van der Waals surface area contributed by atoms with Crippen molar-refractivity contribution in [3.8, 4) is 5.75 Å². The molecule has 1 aromatic heterocycles. The van der Waals surface area contributed by atoms with Crippen molar-refractivity contribution in [3.63, 3.8) is 0 Å². The second-order valence-corrected chi connectivity index (χ2v) is 5.14. The van der Waals surface area contributed by atoms with E-state index in [4.69, 9.17) is 16.3 Å². The van der Waals surface area contributed by atoms with Gasteiger partial charge >= 0.3 is 12.6 Å². The summed E-state index contributed by atoms with van der Waals surface area (Å²) in [5.41, 5.74) is 0.868. The SMILES string of the molecule is O=C(COC(=O)/C=C/c1ccc(OC(F)F)cc1)Nc1cccnc1Cl. The Morgan fingerprint density at radius 1 is 1.23 bits per heavy atom. The van der Waals surface area contributed by atoms with E-state index in [0.717, 1.165) is 6.08 Å². The molecule has 0 fully saturated rings. The van der Waals surface area contributed by atoms with Gasteiger partial charge in [-0.2, -0.15) is 8.78 Å². The lowest BCUT2D eigenvalue weighted by atomic mass is 10.2. The number of rotatable bonds is 7. The Bertz CT molecular complexity index is 798. The first-order valence-electron chi connectivity index (χ1n) is 7.24. The molecule has 0 atom stereocenters. The van der Waals surface area contributed by atoms with E-state index in [2.05, 4.69) is 15.0 Å². The molecule has 0 spiro atoms. The normalized spacial score (nSPS) is 10.8. The number of alkyl halides is 2. The molecule has 0 saturated heterocycles. The fourth-order valence-electron chi connectivity index (χ4n) is 1.77. The van der Waals surface area contributed by atoms with Gasteiger partial charge in [0.2, 0.25) is 0 Å². The van der Waals surface area contributed by atoms with Crippen LogP contribution >= 0.6 is 11.6 Å². The number of benzene rings is 1. The summed E-state index contributed by atoms with van der Waals surface area (Å²) >= 11 is 5.79. The first-order valence-corrected chi connectivity index (χ1v) is 7.62. The molecule has 1 heterocycles. The van der Waals surface area contributed by atoms with Crippen LogP contribution in [0.15, 0.2) is 48.7 Å². The second kappa shape index (κ2) is 9.47. The third-order valence-electron chi connectivity index (χ3n) is 2.90. The molecule has 1 amide bonds. The largest absolute Gasteiger partial charge is 0.452 e. The average Bonchev–Trinajstić information content (AvgIpc) is 2.61. The number of carbonyl (C=O) groups excluding carboxylic acids is 2. The fraction of sp³-hybridized carbons (Fsp3) is 0.118. The molecular weight excluding hydrogens is 370 g/mol. The number of hydrogen-bond donors (Lipinski definition) is 1. The maximum atomic E-state index is 12.0. The third-order valence-corrected chi connectivity index (χ3v) is 3.20. The van der Waals surface area contributed by atoms with Crippen molar-refractivity contribution in [3.05, 3.63) is 59.4 Å². The monoisotopic (exact) mass is 382 g/mol. The predicted octanol–water partition coefficient (Wildman–Crippen LogP) is 3.53. The summed E-state index contributed by atoms with van der Waals surface area (Å²) < 4.78 is 33.1. The average molecular weight is 383 g/mol. The summed E-state index contributed by atoms with van der Waals surface area (Å²) in [5.74, 6) is -1.31. The Balaban J connectivity index is 1.80. The molecule has 0 saturated carbocycles. The molecule has 0 bridgehead atoms. The first-order chi connectivity index (χ1) is 12.4. The number of hydrogen-bond acceptors (Lipinski definition) is 5. The molecule has 2 aromatic rings. The highest BCUT2D eigenvalue weighted by molar-refractivity contribution is 6.32. The van der Waals surface area contributed by atoms with Gasteiger partial charge in [0.1, 0.15) is 5.75 Å². The molecular formula is C17H13ClF2N2O4. The van der Waals surface area contributed by atoms with Gasteiger partial charge in [0, 0.05) is 12.3 Å². The van der Waals surface area contributed by atoms with E-state index in [1.54, 1.807) is 12.1 Å². The van der Waals surface area contributed by atoms with Crippen molar-refractivity contribution in [1.29, 1.82) is 0 Å². The Morgan fingerprint density at radius 2 is 1.96 bits per heavy atom. The third kappa shape index (κ3) is 6.48. The van der Waals surface area contributed by atoms with Crippen molar-refractivity contribution in [2.24, 2.45) is 0 Å². The van der Waals surface area contributed by atoms with Crippen LogP contribution in [-0.2, 0) is 14.3 Å². The quantitative estimate of drug-likeness (QED) is 0.450. The van der Waals surface area contributed by atoms with Gasteiger partial charge in [0.05, 0.1) is 5.69 Å². The van der Waals surface area contributed by atoms with E-state index in [1.165, 1.54) is 36.5 Å². The molecule has 0 aliphatic heterocycles. The smallest absolute Gasteiger partial charge is 0.387 e. The molecule has 26 heavy (non-hydrogen) atoms. The van der Waals surface area contributed by atoms with Crippen LogP contribution in [0.1, 0.15) is 5.56 Å². The van der Waals surface area contributed by atoms with E-state index in [1.807, 2.05) is 0 Å². The van der Waals surface area contributed by atoms with Gasteiger partial charge in [-0.1, -0.05) is 23.7 Å². The molecule has 1 N–H and O–H groups in total. The number of anilines is 1. The summed E-state index contributed by atoms with van der Waals surface area (Å²) in [6.07, 6.45) is 3.98. The van der Waals surface area contributed by atoms with Crippen LogP contribution in [-0.4, -0.2) is 30.1 Å². The number of aromatic nitrogens is 1. The van der Waals surface area contributed by atoms with E-state index < -0.39 is 25.1 Å². The van der Waals surface area contributed by atoms with Gasteiger partial charge in [0.25, 0.3) is 5.91 Å². The fourth-order valence-corrected chi connectivity index (χ4v) is 1.94. The molecule has 0 aliphatic carbocycles. The number of ether oxygens (including phenoxy) is 2. The van der Waals surface area contributed by atoms with Crippen molar-refractivity contribution in [1.82, 2.24) is 4.98 Å². The van der Waals surface area contributed by atoms with Crippen molar-refractivity contribution >= 4 is 35.2 Å². The van der Waals surface area contributed by atoms with Crippen LogP contribution in [0.2, 0.25) is 5.15 Å². The topological polar surface area (TPSA) is 77.5 Å². The molecule has 2 rings (SSSR count). The summed E-state index contributed by atoms with van der Waals surface area (Å²) in [5, 5.41) is 2.57. The number of esters is 1. The Kier molecular flexibility index (Phi) is 7.04. The maximum Gasteiger partial charge on any atom is 0.387 e. The van der Waals surface area contributed by atoms with Crippen LogP contribution in [0.3, 0.4) is 0 Å². The first kappa shape index (κ1) is 19.3. The second-order valence-electron chi connectivity index (χ2n) is 4.78. The van der Waals surface area contributed by atoms with E-state index in [9.17, 15) is 18.4 Å². The van der Waals surface area contributed by atoms with Crippen molar-refractivity contribution in [2.75, 3.05) is 11.9 Å². The minimum Gasteiger partial charge on any atom is -0.452 e. The van der Waals surface area contributed by atoms with Gasteiger partial charge in [0.15, 0.2) is 11.8 Å².